The van der Waals surface area contributed by atoms with Crippen molar-refractivity contribution in [2.45, 2.75) is 38.0 Å². The number of para-hydroxylation sites is 1. The van der Waals surface area contributed by atoms with E-state index in [0.29, 0.717) is 17.9 Å². The minimum atomic E-state index is -1.02. The summed E-state index contributed by atoms with van der Waals surface area (Å²) in [7, 11) is 1.55. The Kier molecular flexibility index (Phi) is 7.12. The molecule has 1 aromatic rings. The van der Waals surface area contributed by atoms with Gasteiger partial charge in [0.25, 0.3) is 0 Å². The van der Waals surface area contributed by atoms with E-state index in [9.17, 15) is 14.7 Å². The van der Waals surface area contributed by atoms with Gasteiger partial charge in [-0.05, 0) is 12.1 Å². The maximum absolute atomic E-state index is 12.9. The molecule has 0 fully saturated rings. The van der Waals surface area contributed by atoms with Crippen LogP contribution in [0.25, 0.3) is 0 Å². The molecule has 1 heterocycles. The summed E-state index contributed by atoms with van der Waals surface area (Å²) in [6, 6.07) is 6.64. The van der Waals surface area contributed by atoms with Crippen LogP contribution in [0.4, 0.5) is 0 Å². The fraction of sp³-hybridized carbons (Fsp3) is 0.545. The fourth-order valence-electron chi connectivity index (χ4n) is 4.12. The zero-order chi connectivity index (χ0) is 21.8. The van der Waals surface area contributed by atoms with Crippen LogP contribution in [0, 0.1) is 5.92 Å². The second kappa shape index (κ2) is 9.59. The summed E-state index contributed by atoms with van der Waals surface area (Å²) in [4.78, 5) is 27.4. The summed E-state index contributed by atoms with van der Waals surface area (Å²) in [6.07, 6.45) is -0.0476. The molecular formula is C22H30N2O6. The number of fused-ring (bicyclic) bond motifs is 3. The van der Waals surface area contributed by atoms with E-state index in [1.165, 1.54) is 0 Å². The lowest BCUT2D eigenvalue weighted by molar-refractivity contribution is -0.141. The lowest BCUT2D eigenvalue weighted by atomic mass is 9.77. The van der Waals surface area contributed by atoms with Gasteiger partial charge in [0.15, 0.2) is 0 Å². The lowest BCUT2D eigenvalue weighted by Crippen LogP contribution is -2.57. The first kappa shape index (κ1) is 22.3. The first-order valence-corrected chi connectivity index (χ1v) is 10.2. The average molecular weight is 418 g/mol. The molecule has 3 N–H and O–H groups in total. The molecule has 1 aromatic carbocycles. The SMILES string of the molecule is COCCN(C(=O)C(C)C)[C@@H]1C=C(C(=O)NCCO)[C@@H]2c3ccccc3O[C@@H]2[C@H]1O. The average Bonchev–Trinajstić information content (AvgIpc) is 3.13. The van der Waals surface area contributed by atoms with E-state index in [1.807, 2.05) is 18.2 Å². The topological polar surface area (TPSA) is 108 Å². The minimum Gasteiger partial charge on any atom is -0.486 e. The van der Waals surface area contributed by atoms with Gasteiger partial charge in [-0.2, -0.15) is 0 Å². The summed E-state index contributed by atoms with van der Waals surface area (Å²) in [5, 5.41) is 23.0. The highest BCUT2D eigenvalue weighted by Crippen LogP contribution is 2.47. The predicted octanol–water partition coefficient (Wildman–Crippen LogP) is 0.440. The molecule has 8 heteroatoms. The van der Waals surface area contributed by atoms with Crippen molar-refractivity contribution in [3.63, 3.8) is 0 Å². The molecule has 1 aliphatic carbocycles. The van der Waals surface area contributed by atoms with Crippen LogP contribution in [-0.2, 0) is 14.3 Å². The highest BCUT2D eigenvalue weighted by atomic mass is 16.5. The molecular weight excluding hydrogens is 388 g/mol. The van der Waals surface area contributed by atoms with Gasteiger partial charge < -0.3 is 29.9 Å². The van der Waals surface area contributed by atoms with Crippen molar-refractivity contribution in [2.24, 2.45) is 5.92 Å². The second-order valence-corrected chi connectivity index (χ2v) is 7.86. The van der Waals surface area contributed by atoms with E-state index in [2.05, 4.69) is 5.32 Å². The lowest BCUT2D eigenvalue weighted by Gasteiger charge is -2.41. The third kappa shape index (κ3) is 4.21. The van der Waals surface area contributed by atoms with E-state index in [-0.39, 0.29) is 37.4 Å². The van der Waals surface area contributed by atoms with Crippen LogP contribution in [0.1, 0.15) is 25.3 Å². The van der Waals surface area contributed by atoms with Crippen molar-refractivity contribution in [1.82, 2.24) is 10.2 Å². The van der Waals surface area contributed by atoms with Crippen LogP contribution in [0.3, 0.4) is 0 Å². The number of ether oxygens (including phenoxy) is 2. The Bertz CT molecular complexity index is 809. The van der Waals surface area contributed by atoms with Crippen LogP contribution in [0.15, 0.2) is 35.9 Å². The van der Waals surface area contributed by atoms with Crippen LogP contribution < -0.4 is 10.1 Å². The van der Waals surface area contributed by atoms with Crippen LogP contribution >= 0.6 is 0 Å². The zero-order valence-corrected chi connectivity index (χ0v) is 17.6. The molecule has 0 radical (unpaired) electrons. The molecule has 0 saturated carbocycles. The number of methoxy groups -OCH3 is 1. The number of hydrogen-bond donors (Lipinski definition) is 3. The van der Waals surface area contributed by atoms with E-state index in [4.69, 9.17) is 14.6 Å². The van der Waals surface area contributed by atoms with Crippen LogP contribution in [-0.4, -0.2) is 78.6 Å². The molecule has 0 unspecified atom stereocenters. The largest absolute Gasteiger partial charge is 0.486 e. The van der Waals surface area contributed by atoms with E-state index in [1.54, 1.807) is 38.0 Å². The van der Waals surface area contributed by atoms with E-state index in [0.717, 1.165) is 5.56 Å². The number of carbonyl (C=O) groups is 2. The predicted molar refractivity (Wildman–Crippen MR) is 110 cm³/mol. The van der Waals surface area contributed by atoms with Crippen molar-refractivity contribution < 1.29 is 29.3 Å². The van der Waals surface area contributed by atoms with Gasteiger partial charge in [-0.3, -0.25) is 9.59 Å². The van der Waals surface area contributed by atoms with E-state index < -0.39 is 24.2 Å². The van der Waals surface area contributed by atoms with Crippen LogP contribution in [0.2, 0.25) is 0 Å². The Morgan fingerprint density at radius 1 is 1.30 bits per heavy atom. The molecule has 4 atom stereocenters. The number of amides is 2. The Hall–Kier alpha value is -2.42. The van der Waals surface area contributed by atoms with Gasteiger partial charge in [0.2, 0.25) is 11.8 Å². The van der Waals surface area contributed by atoms with Crippen LogP contribution in [0.5, 0.6) is 5.75 Å². The Labute approximate surface area is 176 Å². The van der Waals surface area contributed by atoms with Gasteiger partial charge in [0.05, 0.1) is 25.2 Å². The number of rotatable bonds is 8. The number of aliphatic hydroxyl groups excluding tert-OH is 2. The normalized spacial score (nSPS) is 24.5. The second-order valence-electron chi connectivity index (χ2n) is 7.86. The molecule has 0 aromatic heterocycles. The van der Waals surface area contributed by atoms with Gasteiger partial charge in [-0.25, -0.2) is 0 Å². The highest BCUT2D eigenvalue weighted by molar-refractivity contribution is 5.96. The summed E-state index contributed by atoms with van der Waals surface area (Å²) >= 11 is 0. The van der Waals surface area contributed by atoms with Gasteiger partial charge in [-0.15, -0.1) is 0 Å². The summed E-state index contributed by atoms with van der Waals surface area (Å²) < 4.78 is 11.2. The molecule has 30 heavy (non-hydrogen) atoms. The smallest absolute Gasteiger partial charge is 0.247 e. The van der Waals surface area contributed by atoms with Crippen molar-refractivity contribution in [3.8, 4) is 5.75 Å². The van der Waals surface area contributed by atoms with Gasteiger partial charge >= 0.3 is 0 Å². The molecule has 0 bridgehead atoms. The van der Waals surface area contributed by atoms with Crippen molar-refractivity contribution in [3.05, 3.63) is 41.5 Å². The summed E-state index contributed by atoms with van der Waals surface area (Å²) in [5.74, 6) is -0.610. The number of nitrogens with zero attached hydrogens (tertiary/aromatic N) is 1. The molecule has 1 aliphatic heterocycles. The number of carbonyl (C=O) groups excluding carboxylic acids is 2. The molecule has 0 spiro atoms. The Balaban J connectivity index is 2.03. The maximum atomic E-state index is 12.9. The highest BCUT2D eigenvalue weighted by Gasteiger charge is 2.50. The maximum Gasteiger partial charge on any atom is 0.247 e. The number of hydrogen-bond acceptors (Lipinski definition) is 6. The zero-order valence-electron chi connectivity index (χ0n) is 17.6. The first-order valence-electron chi connectivity index (χ1n) is 10.2. The quantitative estimate of drug-likeness (QED) is 0.565. The molecule has 3 rings (SSSR count). The minimum absolute atomic E-state index is 0.113. The van der Waals surface area contributed by atoms with Gasteiger partial charge in [-0.1, -0.05) is 32.0 Å². The number of benzene rings is 1. The molecule has 164 valence electrons. The fourth-order valence-corrected chi connectivity index (χ4v) is 4.12. The molecule has 0 saturated heterocycles. The molecule has 2 aliphatic rings. The molecule has 8 nitrogen and oxygen atoms in total. The third-order valence-electron chi connectivity index (χ3n) is 5.55. The van der Waals surface area contributed by atoms with Crippen molar-refractivity contribution >= 4 is 11.8 Å². The third-order valence-corrected chi connectivity index (χ3v) is 5.55. The van der Waals surface area contributed by atoms with Gasteiger partial charge in [0.1, 0.15) is 18.0 Å². The van der Waals surface area contributed by atoms with Crippen molar-refractivity contribution in [2.75, 3.05) is 33.4 Å². The summed E-state index contributed by atoms with van der Waals surface area (Å²) in [5.41, 5.74) is 1.25. The van der Waals surface area contributed by atoms with E-state index >= 15 is 0 Å². The Morgan fingerprint density at radius 2 is 2.03 bits per heavy atom. The molecule has 2 amide bonds. The first-order chi connectivity index (χ1) is 14.4. The van der Waals surface area contributed by atoms with Gasteiger partial charge in [0, 0.05) is 37.3 Å². The Morgan fingerprint density at radius 3 is 2.70 bits per heavy atom. The number of aliphatic hydroxyl groups is 2. The standard InChI is InChI=1S/C22H30N2O6/c1-13(2)22(28)24(9-11-29-3)16-12-15(21(27)23-8-10-25)18-14-6-4-5-7-17(14)30-20(18)19(16)26/h4-7,12-13,16,18-20,25-26H,8-11H2,1-3H3,(H,23,27)/t16-,18+,19+,20+/m1/s1. The monoisotopic (exact) mass is 418 g/mol. The number of nitrogens with one attached hydrogen (secondary N) is 1. The summed E-state index contributed by atoms with van der Waals surface area (Å²) in [6.45, 7) is 4.10. The van der Waals surface area contributed by atoms with Crippen molar-refractivity contribution in [1.29, 1.82) is 0 Å².